The summed E-state index contributed by atoms with van der Waals surface area (Å²) in [5, 5.41) is 26.2. The number of nitrogens with one attached hydrogen (secondary N) is 2. The first-order valence-corrected chi connectivity index (χ1v) is 17.6. The van der Waals surface area contributed by atoms with Crippen LogP contribution in [0.2, 0.25) is 0 Å². The number of ketones is 1. The van der Waals surface area contributed by atoms with E-state index in [4.69, 9.17) is 5.41 Å². The number of likely N-dealkylation sites (tertiary alicyclic amines) is 3. The highest BCUT2D eigenvalue weighted by Crippen LogP contribution is 2.33. The summed E-state index contributed by atoms with van der Waals surface area (Å²) in [6.07, 6.45) is 3.96. The number of nitrogens with zero attached hydrogens (tertiary/aromatic N) is 9. The van der Waals surface area contributed by atoms with Gasteiger partial charge >= 0.3 is 5.97 Å². The fourth-order valence-electron chi connectivity index (χ4n) is 7.21. The lowest BCUT2D eigenvalue weighted by atomic mass is 9.80. The maximum Gasteiger partial charge on any atom is 0.317 e. The highest BCUT2D eigenvalue weighted by atomic mass is 16.5. The molecule has 0 spiro atoms. The van der Waals surface area contributed by atoms with Crippen LogP contribution < -0.4 is 11.1 Å². The smallest absolute Gasteiger partial charge is 0.317 e. The minimum Gasteiger partial charge on any atom is -0.468 e. The van der Waals surface area contributed by atoms with Gasteiger partial charge in [0, 0.05) is 99.2 Å². The summed E-state index contributed by atoms with van der Waals surface area (Å²) in [5.74, 6) is -0.524. The van der Waals surface area contributed by atoms with Crippen molar-refractivity contribution in [2.45, 2.75) is 76.7 Å². The number of hydrogen-bond donors (Lipinski definition) is 3. The first-order chi connectivity index (χ1) is 24.4. The van der Waals surface area contributed by atoms with E-state index in [2.05, 4.69) is 40.9 Å². The first kappa shape index (κ1) is 57.2. The maximum absolute atomic E-state index is 11.8. The highest BCUT2D eigenvalue weighted by molar-refractivity contribution is 6.13. The molecule has 0 radical (unpaired) electrons. The van der Waals surface area contributed by atoms with E-state index in [1.807, 2.05) is 39.9 Å². The SMILES string of the molecule is C.C.C.C.C.CN1CCC2=NN(C)C(=O)C2(C)C1.CN1CCC2=NN(C)C(=O)C2C1.CN1N=C2CCNCC2(C)C1=O.COC(=O)C1CN(C)CCC1=O.N=CN. The second kappa shape index (κ2) is 24.6. The van der Waals surface area contributed by atoms with Crippen LogP contribution in [0, 0.1) is 28.1 Å². The molecule has 7 aliphatic rings. The van der Waals surface area contributed by atoms with Crippen LogP contribution in [0.25, 0.3) is 0 Å². The molecule has 7 heterocycles. The van der Waals surface area contributed by atoms with Crippen LogP contribution >= 0.6 is 0 Å². The van der Waals surface area contributed by atoms with E-state index in [0.717, 1.165) is 88.5 Å². The number of carbonyl (C=O) groups is 5. The Morgan fingerprint density at radius 3 is 1.79 bits per heavy atom. The van der Waals surface area contributed by atoms with Gasteiger partial charge in [-0.25, -0.2) is 15.0 Å². The third-order valence-electron chi connectivity index (χ3n) is 10.3. The minimum absolute atomic E-state index is 0. The zero-order chi connectivity index (χ0) is 39.0. The van der Waals surface area contributed by atoms with Gasteiger partial charge < -0.3 is 30.5 Å². The van der Waals surface area contributed by atoms with Crippen molar-refractivity contribution in [1.82, 2.24) is 35.0 Å². The number of carbonyl (C=O) groups excluding carboxylic acids is 5. The fraction of sp³-hybridized carbons (Fsp3) is 0.769. The third-order valence-corrected chi connectivity index (χ3v) is 10.3. The van der Waals surface area contributed by atoms with Crippen LogP contribution in [-0.2, 0) is 28.7 Å². The monoisotopic (exact) mass is 811 g/mol. The van der Waals surface area contributed by atoms with Crippen LogP contribution in [0.3, 0.4) is 0 Å². The molecule has 4 fully saturated rings. The number of methoxy groups -OCH3 is 1. The lowest BCUT2D eigenvalue weighted by molar-refractivity contribution is -0.151. The normalized spacial score (nSPS) is 27.3. The number of piperidine rings is 4. The van der Waals surface area contributed by atoms with Gasteiger partial charge in [0.2, 0.25) is 0 Å². The Morgan fingerprint density at radius 1 is 0.754 bits per heavy atom. The van der Waals surface area contributed by atoms with Crippen molar-refractivity contribution >= 4 is 52.9 Å². The van der Waals surface area contributed by atoms with Crippen molar-refractivity contribution in [3.63, 3.8) is 0 Å². The summed E-state index contributed by atoms with van der Waals surface area (Å²) >= 11 is 0. The molecule has 0 saturated carbocycles. The number of hydrogen-bond acceptors (Lipinski definition) is 14. The molecule has 0 bridgehead atoms. The van der Waals surface area contributed by atoms with E-state index in [1.54, 1.807) is 21.1 Å². The second-order valence-corrected chi connectivity index (χ2v) is 14.6. The molecular formula is C39H78N12O6. The van der Waals surface area contributed by atoms with Gasteiger partial charge in [-0.3, -0.25) is 29.4 Å². The van der Waals surface area contributed by atoms with E-state index in [0.29, 0.717) is 13.0 Å². The van der Waals surface area contributed by atoms with E-state index in [-0.39, 0.29) is 77.4 Å². The number of esters is 1. The van der Waals surface area contributed by atoms with E-state index in [1.165, 1.54) is 22.1 Å². The van der Waals surface area contributed by atoms with Crippen LogP contribution in [0.5, 0.6) is 0 Å². The molecule has 57 heavy (non-hydrogen) atoms. The largest absolute Gasteiger partial charge is 0.468 e. The van der Waals surface area contributed by atoms with Crippen molar-refractivity contribution < 1.29 is 28.7 Å². The van der Waals surface area contributed by atoms with Crippen LogP contribution in [-0.4, -0.2) is 184 Å². The molecule has 18 nitrogen and oxygen atoms in total. The molecule has 0 aromatic rings. The van der Waals surface area contributed by atoms with Crippen molar-refractivity contribution in [3.8, 4) is 0 Å². The lowest BCUT2D eigenvalue weighted by Gasteiger charge is -2.34. The number of rotatable bonds is 1. The summed E-state index contributed by atoms with van der Waals surface area (Å²) in [6.45, 7) is 10.5. The first-order valence-electron chi connectivity index (χ1n) is 17.6. The Bertz CT molecular complexity index is 1460. The number of Topliss-reactive ketones (excluding diaryl/α,β-unsaturated/α-hetero) is 1. The Morgan fingerprint density at radius 2 is 1.25 bits per heavy atom. The predicted octanol–water partition coefficient (Wildman–Crippen LogP) is 2.15. The molecule has 4 atom stereocenters. The summed E-state index contributed by atoms with van der Waals surface area (Å²) in [5.41, 5.74) is 6.85. The molecule has 0 aromatic carbocycles. The molecule has 4 unspecified atom stereocenters. The standard InChI is InChI=1S/C9H15N3O.2C8H13N3O.C8H13NO3.CH4N2.5CH4/c1-9-6-11(2)5-4-7(9)10-12(3)8(9)13;1-10-4-3-7-6(5-10)8(12)11(2)9-7;1-8-5-9-4-3-6(8)10-11(2)7(8)12;1-9-4-3-7(10)6(5-9)8(11)12-2;2-1-3;;;;;/h4-6H2,1-3H3;6H,3-5H2,1-2H3;9H,3-5H2,1-2H3;6H,3-5H2,1-2H3;1H,(H3,2,3);5*1H4. The van der Waals surface area contributed by atoms with Crippen LogP contribution in [0.4, 0.5) is 0 Å². The molecule has 7 rings (SSSR count). The number of fused-ring (bicyclic) bond motifs is 3. The van der Waals surface area contributed by atoms with Crippen molar-refractivity contribution in [1.29, 1.82) is 5.41 Å². The van der Waals surface area contributed by atoms with Gasteiger partial charge in [-0.15, -0.1) is 0 Å². The topological polar surface area (TPSA) is 213 Å². The predicted molar refractivity (Wildman–Crippen MR) is 231 cm³/mol. The van der Waals surface area contributed by atoms with Gasteiger partial charge in [0.25, 0.3) is 17.7 Å². The summed E-state index contributed by atoms with van der Waals surface area (Å²) in [6, 6.07) is 0. The lowest BCUT2D eigenvalue weighted by Crippen LogP contribution is -2.49. The number of ether oxygens (including phenoxy) is 1. The molecule has 0 aromatic heterocycles. The number of amides is 3. The summed E-state index contributed by atoms with van der Waals surface area (Å²) in [7, 11) is 12.5. The van der Waals surface area contributed by atoms with Gasteiger partial charge in [0.15, 0.2) is 0 Å². The zero-order valence-corrected chi connectivity index (χ0v) is 32.3. The van der Waals surface area contributed by atoms with Gasteiger partial charge in [-0.1, -0.05) is 37.1 Å². The van der Waals surface area contributed by atoms with Crippen LogP contribution in [0.15, 0.2) is 15.3 Å². The Kier molecular flexibility index (Phi) is 24.7. The molecule has 7 aliphatic heterocycles. The summed E-state index contributed by atoms with van der Waals surface area (Å²) in [4.78, 5) is 63.5. The molecule has 330 valence electrons. The number of hydrazone groups is 3. The van der Waals surface area contributed by atoms with Crippen molar-refractivity contribution in [3.05, 3.63) is 0 Å². The average molecular weight is 811 g/mol. The van der Waals surface area contributed by atoms with Gasteiger partial charge in [0.1, 0.15) is 22.5 Å². The van der Waals surface area contributed by atoms with Gasteiger partial charge in [0.05, 0.1) is 36.5 Å². The molecule has 3 amide bonds. The van der Waals surface area contributed by atoms with E-state index in [9.17, 15) is 24.0 Å². The Hall–Kier alpha value is -4.13. The van der Waals surface area contributed by atoms with Crippen molar-refractivity contribution in [2.75, 3.05) is 102 Å². The molecule has 4 N–H and O–H groups in total. The zero-order valence-electron chi connectivity index (χ0n) is 32.3. The maximum atomic E-state index is 11.8. The average Bonchev–Trinajstić information content (AvgIpc) is 3.62. The van der Waals surface area contributed by atoms with Crippen molar-refractivity contribution in [2.24, 2.45) is 43.7 Å². The Labute approximate surface area is 343 Å². The fourth-order valence-corrected chi connectivity index (χ4v) is 7.21. The molecule has 4 saturated heterocycles. The molecular weight excluding hydrogens is 733 g/mol. The Balaban J connectivity index is -0.000000648. The minimum atomic E-state index is -0.561. The highest BCUT2D eigenvalue weighted by Gasteiger charge is 2.48. The summed E-state index contributed by atoms with van der Waals surface area (Å²) < 4.78 is 4.52. The second-order valence-electron chi connectivity index (χ2n) is 14.6. The van der Waals surface area contributed by atoms with E-state index >= 15 is 0 Å². The van der Waals surface area contributed by atoms with Crippen LogP contribution in [0.1, 0.15) is 76.7 Å². The quantitative estimate of drug-likeness (QED) is 0.151. The van der Waals surface area contributed by atoms with Gasteiger partial charge in [-0.05, 0) is 35.0 Å². The molecule has 18 heteroatoms. The molecule has 0 aliphatic carbocycles. The van der Waals surface area contributed by atoms with Gasteiger partial charge in [-0.2, -0.15) is 15.3 Å². The third kappa shape index (κ3) is 13.5. The van der Waals surface area contributed by atoms with E-state index < -0.39 is 11.9 Å². The number of nitrogens with two attached hydrogens (primary N) is 1.